The van der Waals surface area contributed by atoms with Gasteiger partial charge in [0.25, 0.3) is 11.2 Å². The standard InChI is InChI=1S/C25H21ClN4O4S/c1-15(2)16-7-10-18(11-8-16)29-24(32)19-5-3-4-6-20(19)28-25(29)35-14-23(31)27-21-13-17(26)9-12-22(21)30(33)34/h3-13,15H,14H2,1-2H3,(H,27,31). The number of amides is 1. The number of nitrogens with zero attached hydrogens (tertiary/aromatic N) is 3. The van der Waals surface area contributed by atoms with E-state index < -0.39 is 10.8 Å². The number of nitro groups is 1. The third-order valence-electron chi connectivity index (χ3n) is 5.32. The van der Waals surface area contributed by atoms with Crippen LogP contribution in [0.1, 0.15) is 25.3 Å². The predicted octanol–water partition coefficient (Wildman–Crippen LogP) is 5.80. The van der Waals surface area contributed by atoms with E-state index in [1.165, 1.54) is 22.8 Å². The largest absolute Gasteiger partial charge is 0.320 e. The zero-order valence-corrected chi connectivity index (χ0v) is 20.5. The normalized spacial score (nSPS) is 11.1. The van der Waals surface area contributed by atoms with Crippen molar-refractivity contribution in [2.24, 2.45) is 0 Å². The maximum atomic E-state index is 13.4. The molecule has 0 aliphatic carbocycles. The second-order valence-corrected chi connectivity index (χ2v) is 9.43. The van der Waals surface area contributed by atoms with Gasteiger partial charge in [-0.3, -0.25) is 24.3 Å². The number of carbonyl (C=O) groups excluding carboxylic acids is 1. The maximum Gasteiger partial charge on any atom is 0.292 e. The molecule has 1 aromatic heterocycles. The van der Waals surface area contributed by atoms with E-state index in [0.29, 0.717) is 27.7 Å². The summed E-state index contributed by atoms with van der Waals surface area (Å²) in [5, 5.41) is 14.9. The summed E-state index contributed by atoms with van der Waals surface area (Å²) in [5.74, 6) is -0.286. The van der Waals surface area contributed by atoms with Crippen molar-refractivity contribution in [2.75, 3.05) is 11.1 Å². The Bertz CT molecular complexity index is 1490. The van der Waals surface area contributed by atoms with Crippen LogP contribution in [0, 0.1) is 10.1 Å². The van der Waals surface area contributed by atoms with E-state index in [9.17, 15) is 19.7 Å². The van der Waals surface area contributed by atoms with E-state index >= 15 is 0 Å². The molecular formula is C25H21ClN4O4S. The minimum Gasteiger partial charge on any atom is -0.320 e. The lowest BCUT2D eigenvalue weighted by molar-refractivity contribution is -0.383. The highest BCUT2D eigenvalue weighted by atomic mass is 35.5. The van der Waals surface area contributed by atoms with Crippen LogP contribution in [0.2, 0.25) is 5.02 Å². The van der Waals surface area contributed by atoms with Crippen molar-refractivity contribution in [3.63, 3.8) is 0 Å². The molecule has 3 aromatic carbocycles. The lowest BCUT2D eigenvalue weighted by Crippen LogP contribution is -2.23. The van der Waals surface area contributed by atoms with Crippen molar-refractivity contribution >= 4 is 51.5 Å². The number of halogens is 1. The molecule has 178 valence electrons. The van der Waals surface area contributed by atoms with E-state index in [2.05, 4.69) is 24.1 Å². The second-order valence-electron chi connectivity index (χ2n) is 8.05. The number of anilines is 1. The summed E-state index contributed by atoms with van der Waals surface area (Å²) in [4.78, 5) is 41.4. The Kier molecular flexibility index (Phi) is 7.18. The first-order chi connectivity index (χ1) is 16.7. The topological polar surface area (TPSA) is 107 Å². The third kappa shape index (κ3) is 5.36. The molecule has 4 aromatic rings. The summed E-state index contributed by atoms with van der Waals surface area (Å²) in [6.07, 6.45) is 0. The molecule has 0 saturated carbocycles. The highest BCUT2D eigenvalue weighted by molar-refractivity contribution is 7.99. The van der Waals surface area contributed by atoms with Gasteiger partial charge in [0.2, 0.25) is 5.91 Å². The van der Waals surface area contributed by atoms with Crippen molar-refractivity contribution in [2.45, 2.75) is 24.9 Å². The fourth-order valence-corrected chi connectivity index (χ4v) is 4.51. The summed E-state index contributed by atoms with van der Waals surface area (Å²) in [6.45, 7) is 4.17. The fourth-order valence-electron chi connectivity index (χ4n) is 3.53. The molecule has 10 heteroatoms. The minimum atomic E-state index is -0.595. The Morgan fingerprint density at radius 1 is 1.14 bits per heavy atom. The quantitative estimate of drug-likeness (QED) is 0.146. The summed E-state index contributed by atoms with van der Waals surface area (Å²) >= 11 is 7.01. The van der Waals surface area contributed by atoms with Crippen LogP contribution in [0.3, 0.4) is 0 Å². The highest BCUT2D eigenvalue weighted by Gasteiger charge is 2.18. The Balaban J connectivity index is 1.67. The molecule has 0 aliphatic rings. The molecule has 1 heterocycles. The Morgan fingerprint density at radius 3 is 2.54 bits per heavy atom. The van der Waals surface area contributed by atoms with Gasteiger partial charge in [-0.1, -0.05) is 61.5 Å². The number of fused-ring (bicyclic) bond motifs is 1. The average molecular weight is 509 g/mol. The lowest BCUT2D eigenvalue weighted by atomic mass is 10.0. The molecule has 0 fully saturated rings. The first-order valence-electron chi connectivity index (χ1n) is 10.7. The van der Waals surface area contributed by atoms with E-state index in [1.807, 2.05) is 24.3 Å². The first-order valence-corrected chi connectivity index (χ1v) is 12.1. The number of nitrogens with one attached hydrogen (secondary N) is 1. The number of nitro benzene ring substituents is 1. The molecule has 0 bridgehead atoms. The van der Waals surface area contributed by atoms with Gasteiger partial charge in [-0.05, 0) is 47.9 Å². The zero-order chi connectivity index (χ0) is 25.1. The molecule has 0 unspecified atom stereocenters. The molecule has 0 radical (unpaired) electrons. The lowest BCUT2D eigenvalue weighted by Gasteiger charge is -2.14. The van der Waals surface area contributed by atoms with Gasteiger partial charge < -0.3 is 5.32 Å². The van der Waals surface area contributed by atoms with E-state index in [1.54, 1.807) is 24.3 Å². The van der Waals surface area contributed by atoms with Crippen LogP contribution in [0.5, 0.6) is 0 Å². The predicted molar refractivity (Wildman–Crippen MR) is 139 cm³/mol. The molecule has 4 rings (SSSR count). The molecule has 0 spiro atoms. The fraction of sp³-hybridized carbons (Fsp3) is 0.160. The molecule has 1 N–H and O–H groups in total. The van der Waals surface area contributed by atoms with Crippen molar-refractivity contribution in [3.8, 4) is 5.69 Å². The molecule has 1 amide bonds. The van der Waals surface area contributed by atoms with Crippen LogP contribution in [-0.2, 0) is 4.79 Å². The zero-order valence-electron chi connectivity index (χ0n) is 18.9. The van der Waals surface area contributed by atoms with Gasteiger partial charge in [-0.25, -0.2) is 4.98 Å². The van der Waals surface area contributed by atoms with Crippen molar-refractivity contribution in [3.05, 3.63) is 97.8 Å². The third-order valence-corrected chi connectivity index (χ3v) is 6.50. The number of hydrogen-bond acceptors (Lipinski definition) is 6. The number of rotatable bonds is 7. The van der Waals surface area contributed by atoms with E-state index in [-0.39, 0.29) is 27.7 Å². The molecule has 0 saturated heterocycles. The molecule has 0 aliphatic heterocycles. The molecule has 35 heavy (non-hydrogen) atoms. The molecule has 0 atom stereocenters. The van der Waals surface area contributed by atoms with Gasteiger partial charge in [0.05, 0.1) is 27.3 Å². The average Bonchev–Trinajstić information content (AvgIpc) is 2.83. The van der Waals surface area contributed by atoms with Gasteiger partial charge in [0.15, 0.2) is 5.16 Å². The smallest absolute Gasteiger partial charge is 0.292 e. The monoisotopic (exact) mass is 508 g/mol. The summed E-state index contributed by atoms with van der Waals surface area (Å²) < 4.78 is 1.48. The van der Waals surface area contributed by atoms with Gasteiger partial charge in [-0.15, -0.1) is 0 Å². The van der Waals surface area contributed by atoms with Crippen LogP contribution in [0.25, 0.3) is 16.6 Å². The number of para-hydroxylation sites is 1. The first kappa shape index (κ1) is 24.4. The number of carbonyl (C=O) groups is 1. The SMILES string of the molecule is CC(C)c1ccc(-n2c(SCC(=O)Nc3cc(Cl)ccc3[N+](=O)[O-])nc3ccccc3c2=O)cc1. The van der Waals surface area contributed by atoms with Crippen LogP contribution in [0.4, 0.5) is 11.4 Å². The molecular weight excluding hydrogens is 488 g/mol. The number of aromatic nitrogens is 2. The summed E-state index contributed by atoms with van der Waals surface area (Å²) in [7, 11) is 0. The summed E-state index contributed by atoms with van der Waals surface area (Å²) in [6, 6.07) is 18.6. The Labute approximate surface area is 210 Å². The van der Waals surface area contributed by atoms with Crippen molar-refractivity contribution in [1.29, 1.82) is 0 Å². The molecule has 8 nitrogen and oxygen atoms in total. The van der Waals surface area contributed by atoms with Gasteiger partial charge in [-0.2, -0.15) is 0 Å². The maximum absolute atomic E-state index is 13.4. The summed E-state index contributed by atoms with van der Waals surface area (Å²) in [5.41, 5.74) is 1.76. The Hall–Kier alpha value is -3.69. The van der Waals surface area contributed by atoms with Gasteiger partial charge in [0, 0.05) is 11.1 Å². The van der Waals surface area contributed by atoms with E-state index in [0.717, 1.165) is 17.3 Å². The van der Waals surface area contributed by atoms with Crippen molar-refractivity contribution < 1.29 is 9.72 Å². The van der Waals surface area contributed by atoms with Gasteiger partial charge in [0.1, 0.15) is 5.69 Å². The number of benzene rings is 3. The number of hydrogen-bond donors (Lipinski definition) is 1. The van der Waals surface area contributed by atoms with Crippen LogP contribution < -0.4 is 10.9 Å². The van der Waals surface area contributed by atoms with Crippen LogP contribution in [-0.4, -0.2) is 26.1 Å². The van der Waals surface area contributed by atoms with Crippen LogP contribution in [0.15, 0.2) is 76.7 Å². The highest BCUT2D eigenvalue weighted by Crippen LogP contribution is 2.28. The second kappa shape index (κ2) is 10.3. The van der Waals surface area contributed by atoms with Gasteiger partial charge >= 0.3 is 0 Å². The number of thioether (sulfide) groups is 1. The Morgan fingerprint density at radius 2 is 1.86 bits per heavy atom. The van der Waals surface area contributed by atoms with Crippen LogP contribution >= 0.6 is 23.4 Å². The van der Waals surface area contributed by atoms with E-state index in [4.69, 9.17) is 11.6 Å². The van der Waals surface area contributed by atoms with Crippen molar-refractivity contribution in [1.82, 2.24) is 9.55 Å². The minimum absolute atomic E-state index is 0.00114.